The van der Waals surface area contributed by atoms with Crippen molar-refractivity contribution in [2.75, 3.05) is 0 Å². The molecule has 6 N–H and O–H groups in total. The largest absolute Gasteiger partial charge is 0.342 e. The summed E-state index contributed by atoms with van der Waals surface area (Å²) in [7, 11) is -4.64. The first kappa shape index (κ1) is 57.2. The van der Waals surface area contributed by atoms with Gasteiger partial charge in [-0.2, -0.15) is 8.42 Å². The summed E-state index contributed by atoms with van der Waals surface area (Å²) in [6, 6.07) is 45.6. The topological polar surface area (TPSA) is 198 Å². The van der Waals surface area contributed by atoms with Crippen LogP contribution >= 0.6 is 0 Å². The van der Waals surface area contributed by atoms with Gasteiger partial charge >= 0.3 is 0 Å². The van der Waals surface area contributed by atoms with Crippen molar-refractivity contribution in [2.45, 2.75) is 160 Å². The summed E-state index contributed by atoms with van der Waals surface area (Å²) < 4.78 is 36.6. The average Bonchev–Trinajstić information content (AvgIpc) is 1.88. The Kier molecular flexibility index (Phi) is 14.0. The van der Waals surface area contributed by atoms with Crippen LogP contribution in [-0.4, -0.2) is 62.8 Å². The number of nitrogens with one attached hydrogen (secondary N) is 5. The highest BCUT2D eigenvalue weighted by Crippen LogP contribution is 2.51. The summed E-state index contributed by atoms with van der Waals surface area (Å²) in [6.45, 7) is 29.4. The molecule has 5 heterocycles. The second kappa shape index (κ2) is 20.8. The number of fused-ring (bicyclic) bond motifs is 5. The van der Waals surface area contributed by atoms with Crippen LogP contribution in [-0.2, 0) is 37.2 Å². The van der Waals surface area contributed by atoms with Crippen molar-refractivity contribution in [3.8, 4) is 45.6 Å². The molecule has 12 rings (SSSR count). The number of hydrogen-bond acceptors (Lipinski definition) is 7. The SMILES string of the molecule is CCCC(C)(c1ccc2[nH]c(-c3cc(-c4nc5cc(C(C)(CC)C(C)c6nc7ccc(C(C)(C)C)cc7[nH]6)ccc5[nH]4)cc(S(=O)(=O)O)c3)nc2c1)C(C)(CC)c1ccc2[nH]c(-c3cccc(-c4nc5cc(C(C)(C)CC)ccc5[nH]4)c3)nc2c1. The fourth-order valence-electron chi connectivity index (χ4n) is 13.0. The number of benzene rings is 7. The molecule has 0 spiro atoms. The zero-order valence-electron chi connectivity index (χ0n) is 51.2. The first-order chi connectivity index (χ1) is 40.3. The molecular weight excluding hydrogens is 1070 g/mol. The predicted octanol–water partition coefficient (Wildman–Crippen LogP) is 17.9. The molecule has 0 aliphatic heterocycles. The van der Waals surface area contributed by atoms with E-state index in [1.807, 2.05) is 12.1 Å². The summed E-state index contributed by atoms with van der Waals surface area (Å²) in [5.41, 5.74) is 17.0. The van der Waals surface area contributed by atoms with Gasteiger partial charge in [0.1, 0.15) is 29.1 Å². The third-order valence-corrected chi connectivity index (χ3v) is 20.7. The van der Waals surface area contributed by atoms with Crippen LogP contribution in [0.15, 0.2) is 138 Å². The van der Waals surface area contributed by atoms with Crippen LogP contribution in [0.4, 0.5) is 0 Å². The summed E-state index contributed by atoms with van der Waals surface area (Å²) in [5.74, 6) is 3.52. The lowest BCUT2D eigenvalue weighted by molar-refractivity contribution is 0.225. The number of H-pyrrole nitrogens is 5. The van der Waals surface area contributed by atoms with E-state index in [1.165, 1.54) is 28.8 Å². The van der Waals surface area contributed by atoms with E-state index in [0.29, 0.717) is 22.8 Å². The van der Waals surface area contributed by atoms with Crippen molar-refractivity contribution in [3.63, 3.8) is 0 Å². The zero-order valence-corrected chi connectivity index (χ0v) is 52.0. The molecule has 0 aliphatic carbocycles. The van der Waals surface area contributed by atoms with Crippen LogP contribution in [0.5, 0.6) is 0 Å². The highest BCUT2D eigenvalue weighted by Gasteiger charge is 2.45. The van der Waals surface area contributed by atoms with Crippen molar-refractivity contribution in [1.29, 1.82) is 0 Å². The lowest BCUT2D eigenvalue weighted by Gasteiger charge is -2.48. The van der Waals surface area contributed by atoms with Crippen molar-refractivity contribution in [3.05, 3.63) is 167 Å². The summed E-state index contributed by atoms with van der Waals surface area (Å²) in [4.78, 5) is 43.1. The second-order valence-corrected chi connectivity index (χ2v) is 27.6. The molecule has 12 aromatic rings. The molecule has 0 bridgehead atoms. The molecule has 4 atom stereocenters. The quantitative estimate of drug-likeness (QED) is 0.0484. The fourth-order valence-corrected chi connectivity index (χ4v) is 13.5. The maximum Gasteiger partial charge on any atom is 0.294 e. The van der Waals surface area contributed by atoms with E-state index in [2.05, 4.69) is 224 Å². The van der Waals surface area contributed by atoms with Crippen LogP contribution in [0, 0.1) is 0 Å². The molecule has 7 aromatic carbocycles. The van der Waals surface area contributed by atoms with Gasteiger partial charge in [0.25, 0.3) is 10.1 Å². The minimum absolute atomic E-state index is 0.0177. The Morgan fingerprint density at radius 1 is 0.435 bits per heavy atom. The predicted molar refractivity (Wildman–Crippen MR) is 347 cm³/mol. The van der Waals surface area contributed by atoms with E-state index in [0.717, 1.165) is 127 Å². The highest BCUT2D eigenvalue weighted by molar-refractivity contribution is 7.85. The molecular formula is C71H78N10O3S. The van der Waals surface area contributed by atoms with Gasteiger partial charge in [0, 0.05) is 44.4 Å². The highest BCUT2D eigenvalue weighted by atomic mass is 32.2. The third-order valence-electron chi connectivity index (χ3n) is 19.8. The molecule has 0 aliphatic rings. The molecule has 0 fully saturated rings. The fraction of sp³-hybridized carbons (Fsp3) is 0.338. The molecule has 0 radical (unpaired) electrons. The third kappa shape index (κ3) is 10.0. The molecule has 0 amide bonds. The number of aromatic nitrogens is 10. The van der Waals surface area contributed by atoms with Crippen LogP contribution < -0.4 is 0 Å². The lowest BCUT2D eigenvalue weighted by Crippen LogP contribution is -2.44. The Balaban J connectivity index is 0.837. The van der Waals surface area contributed by atoms with Crippen LogP contribution in [0.2, 0.25) is 0 Å². The molecule has 0 saturated carbocycles. The van der Waals surface area contributed by atoms with Gasteiger partial charge in [-0.15, -0.1) is 0 Å². The lowest BCUT2D eigenvalue weighted by atomic mass is 9.56. The van der Waals surface area contributed by atoms with Crippen molar-refractivity contribution < 1.29 is 13.0 Å². The summed E-state index contributed by atoms with van der Waals surface area (Å²) >= 11 is 0. The van der Waals surface area contributed by atoms with Crippen LogP contribution in [0.3, 0.4) is 0 Å². The van der Waals surface area contributed by atoms with E-state index < -0.39 is 10.1 Å². The minimum Gasteiger partial charge on any atom is -0.342 e. The van der Waals surface area contributed by atoms with Gasteiger partial charge in [-0.05, 0) is 149 Å². The van der Waals surface area contributed by atoms with Gasteiger partial charge in [0.15, 0.2) is 0 Å². The Morgan fingerprint density at radius 2 is 0.882 bits per heavy atom. The standard InChI is InChI=1S/C71H78N10O3S/c1-14-31-71(13,70(12,17-4)49-24-29-55-60(39-49)79-64(74-55)43-20-18-19-42(32-43)63-73-53-27-22-47(37-58(53)78-63)68(9,10)15-2)50-25-30-56-61(40-50)81-66(76-56)45-33-44(34-51(35-45)85(82,83)84)65-75-54-28-23-48(38-59(54)80-65)69(11,16-3)41(5)62-72-52-26-21-46(67(6,7)8)36-57(52)77-62/h18-30,32-41H,14-17,31H2,1-13H3,(H,72,77)(H,73,78)(H,74,79)(H,75,80)(H,76,81)(H,82,83,84). The van der Waals surface area contributed by atoms with Gasteiger partial charge in [0.05, 0.1) is 60.1 Å². The number of imidazole rings is 5. The van der Waals surface area contributed by atoms with Crippen LogP contribution in [0.1, 0.15) is 162 Å². The van der Waals surface area contributed by atoms with Crippen molar-refractivity contribution in [2.24, 2.45) is 0 Å². The van der Waals surface area contributed by atoms with E-state index in [4.69, 9.17) is 24.9 Å². The first-order valence-corrected chi connectivity index (χ1v) is 31.5. The molecule has 4 unspecified atom stereocenters. The Labute approximate surface area is 498 Å². The maximum absolute atomic E-state index is 13.0. The number of hydrogen-bond donors (Lipinski definition) is 6. The average molecular weight is 1150 g/mol. The van der Waals surface area contributed by atoms with Crippen LogP contribution in [0.25, 0.3) is 101 Å². The maximum atomic E-state index is 13.0. The number of aromatic amines is 5. The van der Waals surface area contributed by atoms with Gasteiger partial charge in [-0.25, -0.2) is 24.9 Å². The zero-order chi connectivity index (χ0) is 60.2. The molecule has 85 heavy (non-hydrogen) atoms. The normalized spacial score (nSPS) is 15.3. The molecule has 13 nitrogen and oxygen atoms in total. The first-order valence-electron chi connectivity index (χ1n) is 30.1. The number of nitrogens with zero attached hydrogens (tertiary/aromatic N) is 5. The molecule has 5 aromatic heterocycles. The molecule has 436 valence electrons. The Morgan fingerprint density at radius 3 is 1.35 bits per heavy atom. The second-order valence-electron chi connectivity index (χ2n) is 26.2. The summed E-state index contributed by atoms with van der Waals surface area (Å²) in [6.07, 6.45) is 4.62. The Bertz CT molecular complexity index is 4670. The molecule has 14 heteroatoms. The molecule has 0 saturated heterocycles. The van der Waals surface area contributed by atoms with E-state index in [9.17, 15) is 13.0 Å². The van der Waals surface area contributed by atoms with E-state index in [-0.39, 0.29) is 37.9 Å². The number of rotatable bonds is 17. The Hall–Kier alpha value is -8.20. The smallest absolute Gasteiger partial charge is 0.294 e. The van der Waals surface area contributed by atoms with Gasteiger partial charge in [-0.3, -0.25) is 4.55 Å². The van der Waals surface area contributed by atoms with E-state index in [1.54, 1.807) is 0 Å². The van der Waals surface area contributed by atoms with Gasteiger partial charge < -0.3 is 24.9 Å². The van der Waals surface area contributed by atoms with E-state index >= 15 is 0 Å². The van der Waals surface area contributed by atoms with Gasteiger partial charge in [0.2, 0.25) is 0 Å². The minimum atomic E-state index is -4.64. The monoisotopic (exact) mass is 1150 g/mol. The summed E-state index contributed by atoms with van der Waals surface area (Å²) in [5, 5.41) is 0. The van der Waals surface area contributed by atoms with Gasteiger partial charge in [-0.1, -0.05) is 145 Å². The van der Waals surface area contributed by atoms with Crippen molar-refractivity contribution in [1.82, 2.24) is 49.8 Å². The van der Waals surface area contributed by atoms with Crippen molar-refractivity contribution >= 4 is 65.3 Å².